The van der Waals surface area contributed by atoms with E-state index in [0.29, 0.717) is 16.4 Å². The van der Waals surface area contributed by atoms with Crippen molar-refractivity contribution in [2.75, 3.05) is 0 Å². The smallest absolute Gasteiger partial charge is 0.299 e. The van der Waals surface area contributed by atoms with Crippen molar-refractivity contribution in [3.05, 3.63) is 231 Å². The highest BCUT2D eigenvalue weighted by atomic mass is 16.2. The molecular formula is C51H31N3O2. The molecule has 0 radical (unpaired) electrons. The third-order valence-corrected chi connectivity index (χ3v) is 12.1. The molecule has 0 bridgehead atoms. The molecule has 5 heteroatoms. The lowest BCUT2D eigenvalue weighted by molar-refractivity contribution is 0.769. The van der Waals surface area contributed by atoms with E-state index in [1.807, 2.05) is 69.7 Å². The van der Waals surface area contributed by atoms with Crippen LogP contribution in [0.1, 0.15) is 22.3 Å². The molecule has 0 spiro atoms. The lowest BCUT2D eigenvalue weighted by Crippen LogP contribution is -2.28. The molecule has 1 aliphatic carbocycles. The molecule has 8 aromatic carbocycles. The van der Waals surface area contributed by atoms with E-state index in [1.54, 1.807) is 0 Å². The van der Waals surface area contributed by atoms with Crippen molar-refractivity contribution in [1.29, 1.82) is 0 Å². The minimum Gasteiger partial charge on any atom is -0.303 e. The van der Waals surface area contributed by atoms with Crippen LogP contribution in [0.3, 0.4) is 0 Å². The highest BCUT2D eigenvalue weighted by molar-refractivity contribution is 6.11. The summed E-state index contributed by atoms with van der Waals surface area (Å²) in [6.07, 6.45) is 0. The van der Waals surface area contributed by atoms with Crippen molar-refractivity contribution in [2.45, 2.75) is 5.41 Å². The first-order valence-corrected chi connectivity index (χ1v) is 19.0. The number of hydrogen-bond donors (Lipinski definition) is 0. The summed E-state index contributed by atoms with van der Waals surface area (Å²) >= 11 is 0. The van der Waals surface area contributed by atoms with Gasteiger partial charge in [0.1, 0.15) is 11.0 Å². The topological polar surface area (TPSA) is 47.9 Å². The second-order valence-corrected chi connectivity index (χ2v) is 14.8. The third kappa shape index (κ3) is 3.83. The van der Waals surface area contributed by atoms with Crippen molar-refractivity contribution in [2.24, 2.45) is 0 Å². The SMILES string of the molecule is O=c1c2ccc(-c3c4c(cc5ccccc35)C(c3ccccc3)(c3ccccc3)c3ccccc3-4)cc2n2c3c4ccccc4n(-c4ccccc4)c3c(=O)n12. The number of aromatic nitrogens is 3. The molecule has 0 atom stereocenters. The van der Waals surface area contributed by atoms with Gasteiger partial charge in [0.05, 0.1) is 21.8 Å². The molecular weight excluding hydrogens is 687 g/mol. The Kier molecular flexibility index (Phi) is 6.22. The van der Waals surface area contributed by atoms with Crippen LogP contribution < -0.4 is 11.1 Å². The molecule has 0 amide bonds. The zero-order valence-electron chi connectivity index (χ0n) is 30.1. The van der Waals surface area contributed by atoms with Crippen molar-refractivity contribution >= 4 is 43.6 Å². The average molecular weight is 718 g/mol. The molecule has 56 heavy (non-hydrogen) atoms. The van der Waals surface area contributed by atoms with Gasteiger partial charge in [0.2, 0.25) is 0 Å². The Morgan fingerprint density at radius 2 is 1.04 bits per heavy atom. The van der Waals surface area contributed by atoms with E-state index in [0.717, 1.165) is 44.0 Å². The Morgan fingerprint density at radius 3 is 1.79 bits per heavy atom. The first-order chi connectivity index (χ1) is 27.7. The van der Waals surface area contributed by atoms with Gasteiger partial charge in [-0.05, 0) is 91.7 Å². The fourth-order valence-corrected chi connectivity index (χ4v) is 9.90. The Labute approximate surface area is 320 Å². The summed E-state index contributed by atoms with van der Waals surface area (Å²) in [5.74, 6) is 0. The van der Waals surface area contributed by atoms with Gasteiger partial charge in [-0.2, -0.15) is 4.52 Å². The highest BCUT2D eigenvalue weighted by Gasteiger charge is 2.47. The molecule has 0 aliphatic heterocycles. The molecule has 0 N–H and O–H groups in total. The summed E-state index contributed by atoms with van der Waals surface area (Å²) in [5, 5.41) is 3.67. The lowest BCUT2D eigenvalue weighted by Gasteiger charge is -2.34. The molecule has 12 rings (SSSR count). The molecule has 0 unspecified atom stereocenters. The predicted molar refractivity (Wildman–Crippen MR) is 227 cm³/mol. The largest absolute Gasteiger partial charge is 0.303 e. The van der Waals surface area contributed by atoms with Crippen LogP contribution in [0.5, 0.6) is 0 Å². The van der Waals surface area contributed by atoms with Gasteiger partial charge in [-0.3, -0.25) is 9.59 Å². The second kappa shape index (κ2) is 11.3. The summed E-state index contributed by atoms with van der Waals surface area (Å²) in [4.78, 5) is 28.8. The molecule has 5 nitrogen and oxygen atoms in total. The minimum absolute atomic E-state index is 0.322. The van der Waals surface area contributed by atoms with Gasteiger partial charge in [-0.25, -0.2) is 4.52 Å². The van der Waals surface area contributed by atoms with E-state index in [9.17, 15) is 9.59 Å². The van der Waals surface area contributed by atoms with Crippen LogP contribution in [-0.2, 0) is 5.41 Å². The lowest BCUT2D eigenvalue weighted by atomic mass is 9.67. The van der Waals surface area contributed by atoms with Gasteiger partial charge < -0.3 is 4.57 Å². The summed E-state index contributed by atoms with van der Waals surface area (Å²) in [5.41, 5.74) is 11.7. The van der Waals surface area contributed by atoms with Crippen molar-refractivity contribution < 1.29 is 0 Å². The van der Waals surface area contributed by atoms with Crippen LogP contribution >= 0.6 is 0 Å². The number of nitrogens with zero attached hydrogens (tertiary/aromatic N) is 3. The Hall–Kier alpha value is -7.50. The zero-order chi connectivity index (χ0) is 37.1. The van der Waals surface area contributed by atoms with Gasteiger partial charge in [0.15, 0.2) is 0 Å². The summed E-state index contributed by atoms with van der Waals surface area (Å²) in [6, 6.07) is 65.5. The van der Waals surface area contributed by atoms with Crippen LogP contribution in [-0.4, -0.2) is 13.6 Å². The van der Waals surface area contributed by atoms with Gasteiger partial charge in [-0.1, -0.05) is 152 Å². The maximum Gasteiger partial charge on any atom is 0.299 e. The summed E-state index contributed by atoms with van der Waals surface area (Å²) in [6.45, 7) is 0. The highest BCUT2D eigenvalue weighted by Crippen LogP contribution is 2.59. The van der Waals surface area contributed by atoms with E-state index in [4.69, 9.17) is 0 Å². The number of fused-ring (bicyclic) bond motifs is 11. The Morgan fingerprint density at radius 1 is 0.411 bits per heavy atom. The van der Waals surface area contributed by atoms with Crippen molar-refractivity contribution in [3.63, 3.8) is 0 Å². The number of rotatable bonds is 4. The van der Waals surface area contributed by atoms with Crippen LogP contribution in [0.15, 0.2) is 198 Å². The number of hydrogen-bond acceptors (Lipinski definition) is 2. The second-order valence-electron chi connectivity index (χ2n) is 14.8. The van der Waals surface area contributed by atoms with Gasteiger partial charge >= 0.3 is 0 Å². The van der Waals surface area contributed by atoms with E-state index < -0.39 is 5.41 Å². The van der Waals surface area contributed by atoms with Crippen LogP contribution in [0.2, 0.25) is 0 Å². The molecule has 1 aliphatic rings. The van der Waals surface area contributed by atoms with Gasteiger partial charge in [-0.15, -0.1) is 0 Å². The first kappa shape index (κ1) is 30.9. The normalized spacial score (nSPS) is 13.3. The van der Waals surface area contributed by atoms with Gasteiger partial charge in [0, 0.05) is 11.1 Å². The van der Waals surface area contributed by atoms with Crippen LogP contribution in [0, 0.1) is 0 Å². The average Bonchev–Trinajstić information content (AvgIpc) is 3.95. The van der Waals surface area contributed by atoms with Crippen LogP contribution in [0.25, 0.3) is 71.6 Å². The molecule has 11 aromatic rings. The molecule has 0 saturated heterocycles. The number of benzene rings is 8. The van der Waals surface area contributed by atoms with Gasteiger partial charge in [0.25, 0.3) is 11.1 Å². The maximum atomic E-state index is 14.5. The first-order valence-electron chi connectivity index (χ1n) is 19.0. The quantitative estimate of drug-likeness (QED) is 0.182. The predicted octanol–water partition coefficient (Wildman–Crippen LogP) is 10.6. The Bertz CT molecular complexity index is 3470. The van der Waals surface area contributed by atoms with E-state index in [2.05, 4.69) is 127 Å². The minimum atomic E-state index is -0.577. The molecule has 0 fully saturated rings. The van der Waals surface area contributed by atoms with Crippen LogP contribution in [0.4, 0.5) is 0 Å². The number of para-hydroxylation sites is 2. The maximum absolute atomic E-state index is 14.5. The zero-order valence-corrected chi connectivity index (χ0v) is 30.1. The fourth-order valence-electron chi connectivity index (χ4n) is 9.90. The standard InChI is InChI=1S/C51H31N3O2/c55-49-40-29-28-33(31-44(40)53-47-39-25-13-15-27-43(39)52(36-21-8-3-9-22-36)48(47)50(56)54(49)53)45-37-23-11-10-16-32(37)30-42-46(45)38-24-12-14-26-41(38)51(42,34-17-4-1-5-18-34)35-19-6-2-7-20-35/h1-31H. The molecule has 262 valence electrons. The molecule has 0 saturated carbocycles. The molecule has 3 aromatic heterocycles. The van der Waals surface area contributed by atoms with E-state index >= 15 is 0 Å². The Balaban J connectivity index is 1.24. The van der Waals surface area contributed by atoms with Crippen molar-refractivity contribution in [1.82, 2.24) is 13.6 Å². The van der Waals surface area contributed by atoms with E-state index in [1.165, 1.54) is 37.9 Å². The third-order valence-electron chi connectivity index (χ3n) is 12.1. The van der Waals surface area contributed by atoms with Crippen molar-refractivity contribution in [3.8, 4) is 27.9 Å². The fraction of sp³-hybridized carbons (Fsp3) is 0.0196. The molecule has 3 heterocycles. The van der Waals surface area contributed by atoms with E-state index in [-0.39, 0.29) is 11.1 Å². The summed E-state index contributed by atoms with van der Waals surface area (Å²) in [7, 11) is 0. The monoisotopic (exact) mass is 717 g/mol. The summed E-state index contributed by atoms with van der Waals surface area (Å²) < 4.78 is 5.17.